The van der Waals surface area contributed by atoms with Gasteiger partial charge in [0.25, 0.3) is 0 Å². The highest BCUT2D eigenvalue weighted by Gasteiger charge is 2.24. The van der Waals surface area contributed by atoms with Gasteiger partial charge in [-0.05, 0) is 42.5 Å². The molecule has 0 saturated heterocycles. The van der Waals surface area contributed by atoms with Crippen LogP contribution in [0.25, 0.3) is 10.9 Å². The number of benzene rings is 1. The van der Waals surface area contributed by atoms with E-state index in [2.05, 4.69) is 11.9 Å². The van der Waals surface area contributed by atoms with Gasteiger partial charge in [0.05, 0.1) is 11.3 Å². The number of aromatic nitrogens is 1. The molecule has 4 heteroatoms. The Morgan fingerprint density at radius 1 is 1.33 bits per heavy atom. The third kappa shape index (κ3) is 3.10. The maximum absolute atomic E-state index is 12.7. The van der Waals surface area contributed by atoms with Crippen molar-refractivity contribution in [1.29, 1.82) is 0 Å². The number of pyridine rings is 1. The van der Waals surface area contributed by atoms with E-state index in [1.54, 1.807) is 6.20 Å². The van der Waals surface area contributed by atoms with Crippen LogP contribution in [0, 0.1) is 5.92 Å². The minimum Gasteiger partial charge on any atom is -0.398 e. The lowest BCUT2D eigenvalue weighted by atomic mass is 9.91. The second-order valence-corrected chi connectivity index (χ2v) is 7.85. The third-order valence-corrected chi connectivity index (χ3v) is 6.21. The van der Waals surface area contributed by atoms with Crippen LogP contribution in [0.3, 0.4) is 0 Å². The number of anilines is 1. The minimum absolute atomic E-state index is 0.338. The second kappa shape index (κ2) is 6.14. The minimum atomic E-state index is -0.822. The Balaban J connectivity index is 1.85. The molecule has 0 radical (unpaired) electrons. The van der Waals surface area contributed by atoms with E-state index < -0.39 is 10.8 Å². The molecule has 1 aromatic carbocycles. The molecule has 3 atom stereocenters. The van der Waals surface area contributed by atoms with Crippen molar-refractivity contribution < 1.29 is 4.21 Å². The molecule has 3 unspecified atom stereocenters. The molecule has 1 saturated carbocycles. The predicted octanol–water partition coefficient (Wildman–Crippen LogP) is 3.64. The number of nitrogens with zero attached hydrogens (tertiary/aromatic N) is 1. The molecule has 2 aromatic rings. The first kappa shape index (κ1) is 14.5. The molecule has 1 aromatic heterocycles. The highest BCUT2D eigenvalue weighted by Crippen LogP contribution is 2.30. The van der Waals surface area contributed by atoms with Crippen molar-refractivity contribution in [1.82, 2.24) is 4.98 Å². The van der Waals surface area contributed by atoms with E-state index in [9.17, 15) is 4.21 Å². The maximum Gasteiger partial charge on any atom is 0.0763 e. The lowest BCUT2D eigenvalue weighted by Gasteiger charge is -2.26. The lowest BCUT2D eigenvalue weighted by Crippen LogP contribution is -2.24. The Morgan fingerprint density at radius 3 is 3.00 bits per heavy atom. The van der Waals surface area contributed by atoms with Gasteiger partial charge in [-0.3, -0.25) is 9.19 Å². The van der Waals surface area contributed by atoms with Crippen LogP contribution in [0.4, 0.5) is 5.69 Å². The molecule has 3 rings (SSSR count). The third-order valence-electron chi connectivity index (χ3n) is 4.44. The van der Waals surface area contributed by atoms with E-state index in [4.69, 9.17) is 5.73 Å². The monoisotopic (exact) mass is 302 g/mol. The van der Waals surface area contributed by atoms with Gasteiger partial charge >= 0.3 is 0 Å². The summed E-state index contributed by atoms with van der Waals surface area (Å²) in [6, 6.07) is 7.75. The standard InChI is InChI=1S/C17H22N2OS/c1-12-4-2-5-14(10-12)21(20)11-13-7-8-16(18)15-6-3-9-19-17(13)15/h3,6-9,12,14H,2,4-5,10-11,18H2,1H3. The zero-order valence-electron chi connectivity index (χ0n) is 12.4. The fourth-order valence-corrected chi connectivity index (χ4v) is 5.01. The van der Waals surface area contributed by atoms with E-state index in [0.29, 0.717) is 16.9 Å². The summed E-state index contributed by atoms with van der Waals surface area (Å²) in [5.41, 5.74) is 8.69. The topological polar surface area (TPSA) is 56.0 Å². The van der Waals surface area contributed by atoms with Crippen molar-refractivity contribution >= 4 is 27.4 Å². The molecule has 1 fully saturated rings. The first-order valence-corrected chi connectivity index (χ1v) is 9.02. The van der Waals surface area contributed by atoms with E-state index in [1.165, 1.54) is 12.8 Å². The second-order valence-electron chi connectivity index (χ2n) is 6.13. The number of hydrogen-bond donors (Lipinski definition) is 1. The lowest BCUT2D eigenvalue weighted by molar-refractivity contribution is 0.389. The Morgan fingerprint density at radius 2 is 2.19 bits per heavy atom. The number of fused-ring (bicyclic) bond motifs is 1. The molecular weight excluding hydrogens is 280 g/mol. The van der Waals surface area contributed by atoms with E-state index >= 15 is 0 Å². The Kier molecular flexibility index (Phi) is 4.24. The quantitative estimate of drug-likeness (QED) is 0.881. The van der Waals surface area contributed by atoms with Crippen molar-refractivity contribution in [2.75, 3.05) is 5.73 Å². The zero-order valence-corrected chi connectivity index (χ0v) is 13.2. The van der Waals surface area contributed by atoms with E-state index in [0.717, 1.165) is 35.0 Å². The van der Waals surface area contributed by atoms with Crippen LogP contribution in [0.2, 0.25) is 0 Å². The first-order chi connectivity index (χ1) is 10.1. The van der Waals surface area contributed by atoms with Gasteiger partial charge in [0.1, 0.15) is 0 Å². The fourth-order valence-electron chi connectivity index (χ4n) is 3.26. The van der Waals surface area contributed by atoms with Crippen LogP contribution < -0.4 is 5.73 Å². The molecule has 0 bridgehead atoms. The van der Waals surface area contributed by atoms with Crippen LogP contribution >= 0.6 is 0 Å². The Bertz CT molecular complexity index is 671. The molecule has 112 valence electrons. The number of nitrogen functional groups attached to an aromatic ring is 1. The maximum atomic E-state index is 12.7. The van der Waals surface area contributed by atoms with Gasteiger partial charge in [-0.2, -0.15) is 0 Å². The van der Waals surface area contributed by atoms with Crippen LogP contribution in [0.5, 0.6) is 0 Å². The van der Waals surface area contributed by atoms with Crippen molar-refractivity contribution in [3.8, 4) is 0 Å². The number of hydrogen-bond acceptors (Lipinski definition) is 3. The van der Waals surface area contributed by atoms with Gasteiger partial charge in [-0.15, -0.1) is 0 Å². The summed E-state index contributed by atoms with van der Waals surface area (Å²) in [6.45, 7) is 2.27. The highest BCUT2D eigenvalue weighted by molar-refractivity contribution is 7.84. The van der Waals surface area contributed by atoms with Gasteiger partial charge in [0, 0.05) is 33.3 Å². The first-order valence-electron chi connectivity index (χ1n) is 7.64. The summed E-state index contributed by atoms with van der Waals surface area (Å²) in [6.07, 6.45) is 6.44. The van der Waals surface area contributed by atoms with Crippen LogP contribution in [0.1, 0.15) is 38.2 Å². The summed E-state index contributed by atoms with van der Waals surface area (Å²) < 4.78 is 12.7. The molecule has 1 aliphatic carbocycles. The van der Waals surface area contributed by atoms with Crippen LogP contribution in [-0.4, -0.2) is 14.4 Å². The average Bonchev–Trinajstić information content (AvgIpc) is 2.50. The smallest absolute Gasteiger partial charge is 0.0763 e. The molecular formula is C17H22N2OS. The number of nitrogens with two attached hydrogens (primary N) is 1. The summed E-state index contributed by atoms with van der Waals surface area (Å²) in [5, 5.41) is 1.30. The highest BCUT2D eigenvalue weighted by atomic mass is 32.2. The molecule has 2 N–H and O–H groups in total. The van der Waals surface area contributed by atoms with E-state index in [-0.39, 0.29) is 0 Å². The molecule has 3 nitrogen and oxygen atoms in total. The zero-order chi connectivity index (χ0) is 14.8. The molecule has 0 spiro atoms. The molecule has 0 aliphatic heterocycles. The summed E-state index contributed by atoms with van der Waals surface area (Å²) in [4.78, 5) is 4.44. The van der Waals surface area contributed by atoms with Crippen molar-refractivity contribution in [2.24, 2.45) is 5.92 Å². The largest absolute Gasteiger partial charge is 0.398 e. The summed E-state index contributed by atoms with van der Waals surface area (Å²) >= 11 is 0. The van der Waals surface area contributed by atoms with Crippen LogP contribution in [-0.2, 0) is 16.6 Å². The van der Waals surface area contributed by atoms with Gasteiger partial charge in [-0.1, -0.05) is 25.8 Å². The van der Waals surface area contributed by atoms with Crippen molar-refractivity contribution in [3.05, 3.63) is 36.0 Å². The molecule has 1 aliphatic rings. The Labute approximate surface area is 128 Å². The predicted molar refractivity (Wildman–Crippen MR) is 89.4 cm³/mol. The van der Waals surface area contributed by atoms with Crippen molar-refractivity contribution in [3.63, 3.8) is 0 Å². The van der Waals surface area contributed by atoms with Gasteiger partial charge in [0.15, 0.2) is 0 Å². The van der Waals surface area contributed by atoms with E-state index in [1.807, 2.05) is 24.3 Å². The summed E-state index contributed by atoms with van der Waals surface area (Å²) in [7, 11) is -0.822. The Hall–Kier alpha value is -1.42. The van der Waals surface area contributed by atoms with Gasteiger partial charge < -0.3 is 5.73 Å². The fraction of sp³-hybridized carbons (Fsp3) is 0.471. The van der Waals surface area contributed by atoms with Gasteiger partial charge in [0.2, 0.25) is 0 Å². The number of rotatable bonds is 3. The molecule has 0 amide bonds. The molecule has 1 heterocycles. The van der Waals surface area contributed by atoms with Gasteiger partial charge in [-0.25, -0.2) is 0 Å². The summed E-state index contributed by atoms with van der Waals surface area (Å²) in [5.74, 6) is 1.29. The average molecular weight is 302 g/mol. The van der Waals surface area contributed by atoms with Crippen molar-refractivity contribution in [2.45, 2.75) is 43.6 Å². The van der Waals surface area contributed by atoms with Crippen LogP contribution in [0.15, 0.2) is 30.5 Å². The SMILES string of the molecule is CC1CCCC(S(=O)Cc2ccc(N)c3cccnc23)C1. The normalized spacial score (nSPS) is 24.0. The molecule has 21 heavy (non-hydrogen) atoms.